The maximum Gasteiger partial charge on any atom is 0.119 e. The van der Waals surface area contributed by atoms with E-state index in [1.165, 1.54) is 18.0 Å². The van der Waals surface area contributed by atoms with Gasteiger partial charge in [-0.25, -0.2) is 0 Å². The van der Waals surface area contributed by atoms with Gasteiger partial charge in [0.05, 0.1) is 6.61 Å². The van der Waals surface area contributed by atoms with Crippen LogP contribution in [0.3, 0.4) is 0 Å². The minimum atomic E-state index is -0.998. The largest absolute Gasteiger partial charge is 0.494 e. The van der Waals surface area contributed by atoms with Gasteiger partial charge < -0.3 is 4.74 Å². The van der Waals surface area contributed by atoms with Crippen molar-refractivity contribution in [3.8, 4) is 5.75 Å². The molecule has 120 valence electrons. The highest BCUT2D eigenvalue weighted by Crippen LogP contribution is 2.31. The topological polar surface area (TPSA) is 9.23 Å². The fourth-order valence-corrected chi connectivity index (χ4v) is 3.30. The number of hydrogen-bond acceptors (Lipinski definition) is 1. The number of rotatable bonds is 8. The van der Waals surface area contributed by atoms with Crippen LogP contribution < -0.4 is 4.74 Å². The molecule has 0 amide bonds. The second-order valence-electron chi connectivity index (χ2n) is 8.21. The van der Waals surface area contributed by atoms with Crippen molar-refractivity contribution in [2.24, 2.45) is 11.8 Å². The summed E-state index contributed by atoms with van der Waals surface area (Å²) in [5.74, 6) is 3.10. The van der Waals surface area contributed by atoms with Crippen LogP contribution in [0.4, 0.5) is 0 Å². The third-order valence-corrected chi connectivity index (χ3v) is 5.66. The predicted octanol–water partition coefficient (Wildman–Crippen LogP) is 6.19. The van der Waals surface area contributed by atoms with Crippen LogP contribution in [0.5, 0.6) is 5.75 Å². The Hall–Kier alpha value is -0.763. The van der Waals surface area contributed by atoms with Crippen LogP contribution in [0.25, 0.3) is 0 Å². The summed E-state index contributed by atoms with van der Waals surface area (Å²) in [5.41, 5.74) is 1.45. The molecule has 1 rings (SSSR count). The molecule has 0 radical (unpaired) electrons. The molecule has 0 aliphatic carbocycles. The maximum atomic E-state index is 5.89. The van der Waals surface area contributed by atoms with Gasteiger partial charge in [-0.15, -0.1) is 0 Å². The standard InChI is InChI=1S/C19H34OSi/c1-15(2)14-19(16(3)4)17-8-10-18(11-9-17)20-12-13-21(5,6)7/h8-11,15-16,19H,12-14H2,1-7H3. The number of hydrogen-bond donors (Lipinski definition) is 0. The van der Waals surface area contributed by atoms with Crippen molar-refractivity contribution in [2.45, 2.75) is 65.7 Å². The Balaban J connectivity index is 2.63. The molecule has 21 heavy (non-hydrogen) atoms. The molecule has 0 spiro atoms. The monoisotopic (exact) mass is 306 g/mol. The minimum absolute atomic E-state index is 0.654. The third-order valence-electron chi connectivity index (χ3n) is 3.96. The molecular formula is C19H34OSi. The highest BCUT2D eigenvalue weighted by atomic mass is 28.3. The van der Waals surface area contributed by atoms with Gasteiger partial charge in [0, 0.05) is 8.07 Å². The lowest BCUT2D eigenvalue weighted by atomic mass is 9.82. The molecule has 0 heterocycles. The van der Waals surface area contributed by atoms with Crippen molar-refractivity contribution in [3.63, 3.8) is 0 Å². The van der Waals surface area contributed by atoms with Crippen molar-refractivity contribution < 1.29 is 4.74 Å². The lowest BCUT2D eigenvalue weighted by molar-refractivity contribution is 0.337. The Morgan fingerprint density at radius 2 is 1.52 bits per heavy atom. The molecule has 1 unspecified atom stereocenters. The van der Waals surface area contributed by atoms with E-state index >= 15 is 0 Å². The van der Waals surface area contributed by atoms with Gasteiger partial charge >= 0.3 is 0 Å². The summed E-state index contributed by atoms with van der Waals surface area (Å²) in [6, 6.07) is 10.0. The fourth-order valence-electron chi connectivity index (χ4n) is 2.59. The summed E-state index contributed by atoms with van der Waals surface area (Å²) < 4.78 is 5.89. The summed E-state index contributed by atoms with van der Waals surface area (Å²) >= 11 is 0. The van der Waals surface area contributed by atoms with E-state index in [1.54, 1.807) is 0 Å². The van der Waals surface area contributed by atoms with Gasteiger partial charge in [0.1, 0.15) is 5.75 Å². The molecule has 0 aliphatic heterocycles. The molecule has 0 saturated heterocycles. The third kappa shape index (κ3) is 7.17. The van der Waals surface area contributed by atoms with E-state index in [4.69, 9.17) is 4.74 Å². The Morgan fingerprint density at radius 3 is 1.95 bits per heavy atom. The average Bonchev–Trinajstić information content (AvgIpc) is 2.35. The molecule has 0 aromatic heterocycles. The molecule has 1 aromatic rings. The summed E-state index contributed by atoms with van der Waals surface area (Å²) in [6.07, 6.45) is 1.26. The van der Waals surface area contributed by atoms with Gasteiger partial charge in [0.2, 0.25) is 0 Å². The first kappa shape index (κ1) is 18.3. The molecule has 2 heteroatoms. The van der Waals surface area contributed by atoms with E-state index in [1.807, 2.05) is 0 Å². The number of ether oxygens (including phenoxy) is 1. The van der Waals surface area contributed by atoms with Crippen LogP contribution in [0.15, 0.2) is 24.3 Å². The van der Waals surface area contributed by atoms with Gasteiger partial charge in [-0.3, -0.25) is 0 Å². The molecular weight excluding hydrogens is 272 g/mol. The van der Waals surface area contributed by atoms with Gasteiger partial charge in [-0.05, 0) is 47.9 Å². The van der Waals surface area contributed by atoms with Gasteiger partial charge in [0.15, 0.2) is 0 Å². The van der Waals surface area contributed by atoms with Crippen LogP contribution in [-0.2, 0) is 0 Å². The normalized spacial score (nSPS) is 13.8. The molecule has 0 bridgehead atoms. The lowest BCUT2D eigenvalue weighted by Gasteiger charge is -2.23. The summed E-state index contributed by atoms with van der Waals surface area (Å²) in [6.45, 7) is 17.3. The molecule has 1 aromatic carbocycles. The first-order valence-corrected chi connectivity index (χ1v) is 12.1. The molecule has 0 aliphatic rings. The smallest absolute Gasteiger partial charge is 0.119 e. The van der Waals surface area contributed by atoms with E-state index in [2.05, 4.69) is 71.6 Å². The first-order chi connectivity index (χ1) is 9.69. The highest BCUT2D eigenvalue weighted by Gasteiger charge is 2.17. The zero-order chi connectivity index (χ0) is 16.0. The second-order valence-corrected chi connectivity index (χ2v) is 13.8. The summed E-state index contributed by atoms with van der Waals surface area (Å²) in [4.78, 5) is 0. The molecule has 1 nitrogen and oxygen atoms in total. The van der Waals surface area contributed by atoms with Crippen molar-refractivity contribution in [1.82, 2.24) is 0 Å². The Labute approximate surface area is 133 Å². The van der Waals surface area contributed by atoms with Crippen LogP contribution in [0.1, 0.15) is 45.6 Å². The van der Waals surface area contributed by atoms with Gasteiger partial charge in [-0.1, -0.05) is 59.5 Å². The SMILES string of the molecule is CC(C)CC(c1ccc(OCC[Si](C)(C)C)cc1)C(C)C. The van der Waals surface area contributed by atoms with Crippen molar-refractivity contribution in [2.75, 3.05) is 6.61 Å². The van der Waals surface area contributed by atoms with Crippen LogP contribution in [-0.4, -0.2) is 14.7 Å². The fraction of sp³-hybridized carbons (Fsp3) is 0.684. The molecule has 0 fully saturated rings. The van der Waals surface area contributed by atoms with Crippen molar-refractivity contribution in [3.05, 3.63) is 29.8 Å². The quantitative estimate of drug-likeness (QED) is 0.520. The van der Waals surface area contributed by atoms with Crippen LogP contribution >= 0.6 is 0 Å². The summed E-state index contributed by atoms with van der Waals surface area (Å²) in [5, 5.41) is 0. The maximum absolute atomic E-state index is 5.89. The average molecular weight is 307 g/mol. The highest BCUT2D eigenvalue weighted by molar-refractivity contribution is 6.76. The van der Waals surface area contributed by atoms with Gasteiger partial charge in [-0.2, -0.15) is 0 Å². The first-order valence-electron chi connectivity index (χ1n) is 8.42. The zero-order valence-electron chi connectivity index (χ0n) is 15.1. The van der Waals surface area contributed by atoms with E-state index in [0.29, 0.717) is 11.8 Å². The zero-order valence-corrected chi connectivity index (χ0v) is 16.1. The van der Waals surface area contributed by atoms with Crippen molar-refractivity contribution in [1.29, 1.82) is 0 Å². The van der Waals surface area contributed by atoms with E-state index < -0.39 is 8.07 Å². The lowest BCUT2D eigenvalue weighted by Crippen LogP contribution is -2.22. The predicted molar refractivity (Wildman–Crippen MR) is 97.1 cm³/mol. The number of benzene rings is 1. The van der Waals surface area contributed by atoms with Crippen molar-refractivity contribution >= 4 is 8.07 Å². The minimum Gasteiger partial charge on any atom is -0.494 e. The molecule has 0 saturated carbocycles. The van der Waals surface area contributed by atoms with Crippen LogP contribution in [0.2, 0.25) is 25.7 Å². The van der Waals surface area contributed by atoms with Crippen LogP contribution in [0, 0.1) is 11.8 Å². The Bertz CT molecular complexity index is 401. The summed E-state index contributed by atoms with van der Waals surface area (Å²) in [7, 11) is -0.998. The molecule has 1 atom stereocenters. The molecule has 0 N–H and O–H groups in total. The van der Waals surface area contributed by atoms with E-state index in [-0.39, 0.29) is 0 Å². The Morgan fingerprint density at radius 1 is 0.952 bits per heavy atom. The second kappa shape index (κ2) is 8.02. The van der Waals surface area contributed by atoms with Gasteiger partial charge in [0.25, 0.3) is 0 Å². The Kier molecular flexibility index (Phi) is 6.99. The van der Waals surface area contributed by atoms with E-state index in [0.717, 1.165) is 18.3 Å². The van der Waals surface area contributed by atoms with E-state index in [9.17, 15) is 0 Å².